The van der Waals surface area contributed by atoms with E-state index in [0.717, 1.165) is 45.2 Å². The number of rotatable bonds is 1. The quantitative estimate of drug-likeness (QED) is 0.170. The number of nitrogens with zero attached hydrogens (tertiary/aromatic N) is 3. The predicted octanol–water partition coefficient (Wildman–Crippen LogP) is 7.95. The van der Waals surface area contributed by atoms with Gasteiger partial charge in [-0.2, -0.15) is 24.3 Å². The maximum absolute atomic E-state index is 5.34. The van der Waals surface area contributed by atoms with Crippen molar-refractivity contribution in [2.24, 2.45) is 4.99 Å². The fourth-order valence-electron chi connectivity index (χ4n) is 5.00. The van der Waals surface area contributed by atoms with E-state index in [1.807, 2.05) is 18.2 Å². The molecule has 0 amide bonds. The van der Waals surface area contributed by atoms with Gasteiger partial charge in [-0.15, -0.1) is 5.39 Å². The number of aliphatic imine (C=N–C) groups is 1. The molecule has 0 atom stereocenters. The normalized spacial score (nSPS) is 12.5. The first-order valence-electron chi connectivity index (χ1n) is 11.4. The van der Waals surface area contributed by atoms with Crippen molar-refractivity contribution in [3.05, 3.63) is 127 Å². The largest absolute Gasteiger partial charge is 0.304 e. The van der Waals surface area contributed by atoms with Crippen LogP contribution in [0.2, 0.25) is 0 Å². The summed E-state index contributed by atoms with van der Waals surface area (Å²) in [4.78, 5) is 7.61. The molecule has 1 aromatic heterocycles. The van der Waals surface area contributed by atoms with Gasteiger partial charge in [-0.05, 0) is 35.7 Å². The molecule has 1 radical (unpaired) electrons. The third kappa shape index (κ3) is 3.34. The van der Waals surface area contributed by atoms with E-state index in [4.69, 9.17) is 4.99 Å². The first kappa shape index (κ1) is 21.5. The maximum atomic E-state index is 5.34. The Morgan fingerprint density at radius 2 is 1.29 bits per heavy atom. The molecule has 0 saturated carbocycles. The molecule has 0 unspecified atom stereocenters. The van der Waals surface area contributed by atoms with E-state index in [9.17, 15) is 0 Å². The van der Waals surface area contributed by atoms with E-state index in [0.29, 0.717) is 0 Å². The Hall–Kier alpha value is -3.98. The summed E-state index contributed by atoms with van der Waals surface area (Å²) in [6.07, 6.45) is 0. The molecule has 7 rings (SSSR count). The van der Waals surface area contributed by atoms with Gasteiger partial charge >= 0.3 is 0 Å². The standard InChI is InChI=1S/C31H20N3.Ir/c1-2-12-22(13-3-1)33-28-19-9-5-15-24(28)23-14-4-8-18-27(23)32-31(33)34-29-20-10-6-16-25(29)26-17-7-11-21-30(26)34;/h1-20H;/q-1;. The molecule has 35 heavy (non-hydrogen) atoms. The van der Waals surface area contributed by atoms with E-state index in [1.165, 1.54) is 10.8 Å². The molecule has 0 aliphatic carbocycles. The fraction of sp³-hybridized carbons (Fsp3) is 0. The van der Waals surface area contributed by atoms with E-state index < -0.39 is 0 Å². The van der Waals surface area contributed by atoms with E-state index >= 15 is 0 Å². The Bertz CT molecular complexity index is 1660. The molecule has 0 spiro atoms. The minimum absolute atomic E-state index is 0. The fourth-order valence-corrected chi connectivity index (χ4v) is 5.00. The Balaban J connectivity index is 0.00000229. The third-order valence-electron chi connectivity index (χ3n) is 6.47. The van der Waals surface area contributed by atoms with Gasteiger partial charge in [0.05, 0.1) is 11.4 Å². The van der Waals surface area contributed by atoms with Crippen LogP contribution in [0.3, 0.4) is 0 Å². The Morgan fingerprint density at radius 1 is 0.600 bits per heavy atom. The van der Waals surface area contributed by atoms with Crippen LogP contribution in [-0.4, -0.2) is 10.5 Å². The molecular weight excluding hydrogens is 607 g/mol. The topological polar surface area (TPSA) is 20.5 Å². The Morgan fingerprint density at radius 3 is 2.17 bits per heavy atom. The van der Waals surface area contributed by atoms with Crippen LogP contribution < -0.4 is 4.90 Å². The van der Waals surface area contributed by atoms with Crippen LogP contribution in [-0.2, 0) is 20.1 Å². The molecule has 3 nitrogen and oxygen atoms in total. The molecule has 6 aromatic rings. The minimum Gasteiger partial charge on any atom is -0.304 e. The van der Waals surface area contributed by atoms with Crippen molar-refractivity contribution in [1.82, 2.24) is 4.57 Å². The van der Waals surface area contributed by atoms with Crippen molar-refractivity contribution in [2.75, 3.05) is 4.90 Å². The molecule has 2 heterocycles. The van der Waals surface area contributed by atoms with E-state index in [2.05, 4.69) is 119 Å². The number of hydrogen-bond donors (Lipinski definition) is 0. The predicted molar refractivity (Wildman–Crippen MR) is 141 cm³/mol. The Kier molecular flexibility index (Phi) is 5.33. The summed E-state index contributed by atoms with van der Waals surface area (Å²) >= 11 is 0. The number of benzene rings is 5. The number of para-hydroxylation sites is 5. The van der Waals surface area contributed by atoms with Gasteiger partial charge in [0.25, 0.3) is 0 Å². The van der Waals surface area contributed by atoms with Crippen molar-refractivity contribution < 1.29 is 20.1 Å². The van der Waals surface area contributed by atoms with Crippen LogP contribution in [0, 0.1) is 6.07 Å². The van der Waals surface area contributed by atoms with Gasteiger partial charge in [0.15, 0.2) is 0 Å². The number of aromatic nitrogens is 1. The zero-order valence-electron chi connectivity index (χ0n) is 18.7. The van der Waals surface area contributed by atoms with Crippen molar-refractivity contribution in [3.8, 4) is 11.1 Å². The molecule has 1 aliphatic rings. The molecule has 5 aromatic carbocycles. The van der Waals surface area contributed by atoms with E-state index in [1.54, 1.807) is 0 Å². The second-order valence-corrected chi connectivity index (χ2v) is 8.40. The average Bonchev–Trinajstić information content (AvgIpc) is 3.16. The van der Waals surface area contributed by atoms with Gasteiger partial charge in [0, 0.05) is 42.4 Å². The SMILES string of the molecule is [Ir].[c-]1cccc2c3ccccc3n(C3=Nc4ccccc4-c4ccccc4N3c3ccccc3)c12. The summed E-state index contributed by atoms with van der Waals surface area (Å²) in [6.45, 7) is 0. The second-order valence-electron chi connectivity index (χ2n) is 8.40. The van der Waals surface area contributed by atoms with Crippen LogP contribution in [0.25, 0.3) is 32.9 Å². The first-order valence-corrected chi connectivity index (χ1v) is 11.4. The summed E-state index contributed by atoms with van der Waals surface area (Å²) in [6, 6.07) is 45.6. The minimum atomic E-state index is 0. The molecule has 0 N–H and O–H groups in total. The first-order chi connectivity index (χ1) is 16.9. The number of anilines is 2. The number of hydrogen-bond acceptors (Lipinski definition) is 2. The molecule has 4 heteroatoms. The molecule has 0 saturated heterocycles. The van der Waals surface area contributed by atoms with Crippen molar-refractivity contribution in [3.63, 3.8) is 0 Å². The summed E-state index contributed by atoms with van der Waals surface area (Å²) in [7, 11) is 0. The summed E-state index contributed by atoms with van der Waals surface area (Å²) in [5.74, 6) is 0.831. The van der Waals surface area contributed by atoms with Gasteiger partial charge in [0.1, 0.15) is 0 Å². The van der Waals surface area contributed by atoms with Crippen LogP contribution in [0.5, 0.6) is 0 Å². The van der Waals surface area contributed by atoms with Gasteiger partial charge in [-0.1, -0.05) is 78.3 Å². The van der Waals surface area contributed by atoms with Crippen LogP contribution >= 0.6 is 0 Å². The molecule has 0 fully saturated rings. The average molecular weight is 627 g/mol. The summed E-state index contributed by atoms with van der Waals surface area (Å²) in [5.41, 5.74) is 7.51. The van der Waals surface area contributed by atoms with E-state index in [-0.39, 0.29) is 20.1 Å². The number of fused-ring (bicyclic) bond motifs is 6. The van der Waals surface area contributed by atoms with Gasteiger partial charge < -0.3 is 4.57 Å². The monoisotopic (exact) mass is 627 g/mol. The van der Waals surface area contributed by atoms with Crippen LogP contribution in [0.1, 0.15) is 0 Å². The van der Waals surface area contributed by atoms with Gasteiger partial charge in [-0.3, -0.25) is 4.90 Å². The third-order valence-corrected chi connectivity index (χ3v) is 6.47. The molecule has 169 valence electrons. The van der Waals surface area contributed by atoms with Crippen molar-refractivity contribution >= 4 is 44.8 Å². The zero-order valence-corrected chi connectivity index (χ0v) is 21.1. The maximum Gasteiger partial charge on any atom is 0.218 e. The molecule has 1 aliphatic heterocycles. The molecular formula is C31H20IrN3-. The van der Waals surface area contributed by atoms with Gasteiger partial charge in [-0.25, -0.2) is 4.99 Å². The van der Waals surface area contributed by atoms with Crippen LogP contribution in [0.4, 0.5) is 17.1 Å². The van der Waals surface area contributed by atoms with Crippen molar-refractivity contribution in [1.29, 1.82) is 0 Å². The summed E-state index contributed by atoms with van der Waals surface area (Å²) < 4.78 is 2.25. The second kappa shape index (κ2) is 8.66. The molecule has 0 bridgehead atoms. The smallest absolute Gasteiger partial charge is 0.218 e. The summed E-state index contributed by atoms with van der Waals surface area (Å²) in [5, 5.41) is 2.36. The van der Waals surface area contributed by atoms with Gasteiger partial charge in [0.2, 0.25) is 5.96 Å². The zero-order chi connectivity index (χ0) is 22.5. The van der Waals surface area contributed by atoms with Crippen LogP contribution in [0.15, 0.2) is 126 Å². The van der Waals surface area contributed by atoms with Crippen molar-refractivity contribution in [2.45, 2.75) is 0 Å². The Labute approximate surface area is 217 Å².